The largest absolute Gasteiger partial charge is 0.384 e. The maximum absolute atomic E-state index is 5.67. The van der Waals surface area contributed by atoms with Gasteiger partial charge in [-0.3, -0.25) is 9.67 Å². The van der Waals surface area contributed by atoms with E-state index in [1.54, 1.807) is 23.1 Å². The maximum Gasteiger partial charge on any atom is 0.261 e. The van der Waals surface area contributed by atoms with E-state index < -0.39 is 5.41 Å². The van der Waals surface area contributed by atoms with E-state index in [1.165, 1.54) is 0 Å². The molecule has 0 radical (unpaired) electrons. The smallest absolute Gasteiger partial charge is 0.261 e. The molecule has 0 fully saturated rings. The fourth-order valence-corrected chi connectivity index (χ4v) is 3.23. The maximum atomic E-state index is 5.67. The first-order valence-corrected chi connectivity index (χ1v) is 9.39. The van der Waals surface area contributed by atoms with Gasteiger partial charge in [0.15, 0.2) is 5.82 Å². The highest BCUT2D eigenvalue weighted by Crippen LogP contribution is 2.38. The number of nitrogens with two attached hydrogens (primary N) is 1. The monoisotopic (exact) mass is 389 g/mol. The number of nitrogen functional groups attached to an aromatic ring is 1. The van der Waals surface area contributed by atoms with Crippen LogP contribution in [-0.4, -0.2) is 29.9 Å². The van der Waals surface area contributed by atoms with E-state index in [4.69, 9.17) is 10.3 Å². The zero-order valence-corrected chi connectivity index (χ0v) is 16.9. The highest BCUT2D eigenvalue weighted by atomic mass is 16.5. The predicted octanol–water partition coefficient (Wildman–Crippen LogP) is 3.47. The van der Waals surface area contributed by atoms with Gasteiger partial charge < -0.3 is 10.3 Å². The van der Waals surface area contributed by atoms with Crippen LogP contribution >= 0.6 is 0 Å². The number of rotatable bonds is 5. The molecule has 0 unspecified atom stereocenters. The van der Waals surface area contributed by atoms with Gasteiger partial charge in [0.05, 0.1) is 22.9 Å². The Morgan fingerprint density at radius 2 is 1.86 bits per heavy atom. The first-order chi connectivity index (χ1) is 13.9. The minimum Gasteiger partial charge on any atom is -0.384 e. The summed E-state index contributed by atoms with van der Waals surface area (Å²) in [5.74, 6) is 1.78. The van der Waals surface area contributed by atoms with Gasteiger partial charge in [-0.25, -0.2) is 4.98 Å². The second-order valence-corrected chi connectivity index (χ2v) is 7.59. The van der Waals surface area contributed by atoms with Crippen LogP contribution in [-0.2, 0) is 12.5 Å². The zero-order chi connectivity index (χ0) is 20.6. The van der Waals surface area contributed by atoms with Gasteiger partial charge >= 0.3 is 0 Å². The van der Waals surface area contributed by atoms with Crippen LogP contribution in [0.3, 0.4) is 0 Å². The van der Waals surface area contributed by atoms with Gasteiger partial charge in [-0.1, -0.05) is 25.1 Å². The third-order valence-corrected chi connectivity index (χ3v) is 5.44. The Labute approximate surface area is 168 Å². The van der Waals surface area contributed by atoms with E-state index in [-0.39, 0.29) is 5.92 Å². The average Bonchev–Trinajstić information content (AvgIpc) is 3.37. The number of anilines is 1. The first kappa shape index (κ1) is 18.8. The lowest BCUT2D eigenvalue weighted by Crippen LogP contribution is -2.31. The Balaban J connectivity index is 1.70. The van der Waals surface area contributed by atoms with E-state index in [0.717, 1.165) is 22.4 Å². The molecule has 8 nitrogen and oxygen atoms in total. The molecule has 2 N–H and O–H groups in total. The molecular weight excluding hydrogens is 366 g/mol. The molecule has 4 aromatic heterocycles. The van der Waals surface area contributed by atoms with E-state index in [9.17, 15) is 0 Å². The van der Waals surface area contributed by atoms with Gasteiger partial charge in [-0.05, 0) is 36.6 Å². The van der Waals surface area contributed by atoms with Crippen LogP contribution in [0.15, 0.2) is 53.6 Å². The molecule has 0 aliphatic rings. The van der Waals surface area contributed by atoms with Gasteiger partial charge in [0.25, 0.3) is 5.89 Å². The van der Waals surface area contributed by atoms with Crippen LogP contribution in [0.4, 0.5) is 5.82 Å². The predicted molar refractivity (Wildman–Crippen MR) is 110 cm³/mol. The molecule has 0 aliphatic heterocycles. The van der Waals surface area contributed by atoms with Crippen LogP contribution in [0.5, 0.6) is 0 Å². The molecule has 0 amide bonds. The molecular formula is C21H23N7O. The Kier molecular flexibility index (Phi) is 4.62. The quantitative estimate of drug-likeness (QED) is 0.556. The molecule has 0 saturated heterocycles. The molecule has 0 spiro atoms. The van der Waals surface area contributed by atoms with Crippen molar-refractivity contribution in [3.8, 4) is 22.7 Å². The summed E-state index contributed by atoms with van der Waals surface area (Å²) in [6.07, 6.45) is 7.14. The Bertz CT molecular complexity index is 1110. The number of pyridine rings is 2. The number of aryl methyl sites for hydroxylation is 1. The highest BCUT2D eigenvalue weighted by molar-refractivity contribution is 5.59. The average molecular weight is 389 g/mol. The van der Waals surface area contributed by atoms with Crippen LogP contribution in [0.25, 0.3) is 22.7 Å². The lowest BCUT2D eigenvalue weighted by Gasteiger charge is -2.30. The van der Waals surface area contributed by atoms with E-state index >= 15 is 0 Å². The van der Waals surface area contributed by atoms with Gasteiger partial charge in [0, 0.05) is 31.2 Å². The fourth-order valence-electron chi connectivity index (χ4n) is 3.23. The summed E-state index contributed by atoms with van der Waals surface area (Å²) >= 11 is 0. The molecule has 4 aromatic rings. The third-order valence-electron chi connectivity index (χ3n) is 5.44. The molecule has 0 bridgehead atoms. The van der Waals surface area contributed by atoms with Crippen molar-refractivity contribution in [1.29, 1.82) is 0 Å². The highest BCUT2D eigenvalue weighted by Gasteiger charge is 2.38. The molecule has 148 valence electrons. The summed E-state index contributed by atoms with van der Waals surface area (Å²) in [4.78, 5) is 13.4. The van der Waals surface area contributed by atoms with Crippen molar-refractivity contribution < 1.29 is 4.52 Å². The van der Waals surface area contributed by atoms with Gasteiger partial charge in [0.1, 0.15) is 5.82 Å². The topological polar surface area (TPSA) is 109 Å². The molecule has 0 aromatic carbocycles. The molecule has 4 rings (SSSR count). The lowest BCUT2D eigenvalue weighted by atomic mass is 9.73. The normalized spacial score (nSPS) is 13.6. The second kappa shape index (κ2) is 7.12. The Hall–Kier alpha value is -3.55. The number of nitrogens with zero attached hydrogens (tertiary/aromatic N) is 6. The van der Waals surface area contributed by atoms with E-state index in [0.29, 0.717) is 17.5 Å². The van der Waals surface area contributed by atoms with Crippen molar-refractivity contribution in [2.45, 2.75) is 26.2 Å². The third kappa shape index (κ3) is 3.37. The van der Waals surface area contributed by atoms with Gasteiger partial charge in [0.2, 0.25) is 0 Å². The minimum absolute atomic E-state index is 0.215. The lowest BCUT2D eigenvalue weighted by molar-refractivity contribution is 0.350. The summed E-state index contributed by atoms with van der Waals surface area (Å²) in [6, 6.07) is 7.71. The fraction of sp³-hybridized carbons (Fsp3) is 0.286. The summed E-state index contributed by atoms with van der Waals surface area (Å²) in [5.41, 5.74) is 8.75. The van der Waals surface area contributed by atoms with Crippen molar-refractivity contribution in [1.82, 2.24) is 29.9 Å². The number of hydrogen-bond donors (Lipinski definition) is 1. The van der Waals surface area contributed by atoms with Crippen LogP contribution in [0, 0.1) is 5.92 Å². The van der Waals surface area contributed by atoms with Crippen molar-refractivity contribution in [3.63, 3.8) is 0 Å². The van der Waals surface area contributed by atoms with E-state index in [2.05, 4.69) is 52.0 Å². The summed E-state index contributed by atoms with van der Waals surface area (Å²) in [6.45, 7) is 6.38. The molecule has 29 heavy (non-hydrogen) atoms. The molecule has 8 heteroatoms. The van der Waals surface area contributed by atoms with Crippen molar-refractivity contribution in [2.75, 3.05) is 5.73 Å². The van der Waals surface area contributed by atoms with Gasteiger partial charge in [-0.2, -0.15) is 10.1 Å². The molecule has 0 aliphatic carbocycles. The second-order valence-electron chi connectivity index (χ2n) is 7.59. The van der Waals surface area contributed by atoms with Crippen molar-refractivity contribution in [2.24, 2.45) is 13.0 Å². The Morgan fingerprint density at radius 3 is 2.45 bits per heavy atom. The number of hydrogen-bond acceptors (Lipinski definition) is 7. The first-order valence-electron chi connectivity index (χ1n) is 9.39. The van der Waals surface area contributed by atoms with Crippen molar-refractivity contribution >= 4 is 5.82 Å². The van der Waals surface area contributed by atoms with Gasteiger partial charge in [-0.15, -0.1) is 0 Å². The molecule has 4 heterocycles. The summed E-state index contributed by atoms with van der Waals surface area (Å²) in [5, 5.41) is 8.45. The van der Waals surface area contributed by atoms with Crippen LogP contribution in [0.2, 0.25) is 0 Å². The standard InChI is InChI=1S/C21H23N7O/c1-13(2)21(3,20-26-19(29-27-20)15-10-25-28(4)12-15)16-6-7-17(23-11-16)14-5-8-18(22)24-9-14/h5-13H,1-4H3,(H2,22,24)/t21-/m1/s1. The molecule has 0 saturated carbocycles. The number of aromatic nitrogens is 6. The minimum atomic E-state index is -0.463. The SMILES string of the molecule is CC(C)[C@](C)(c1ccc(-c2ccc(N)nc2)nc1)c1noc(-c2cnn(C)c2)n1. The summed E-state index contributed by atoms with van der Waals surface area (Å²) < 4.78 is 7.24. The zero-order valence-electron chi connectivity index (χ0n) is 16.9. The van der Waals surface area contributed by atoms with Crippen LogP contribution < -0.4 is 5.73 Å². The summed E-state index contributed by atoms with van der Waals surface area (Å²) in [7, 11) is 1.85. The Morgan fingerprint density at radius 1 is 1.03 bits per heavy atom. The van der Waals surface area contributed by atoms with Crippen LogP contribution in [0.1, 0.15) is 32.2 Å². The van der Waals surface area contributed by atoms with Crippen molar-refractivity contribution in [3.05, 3.63) is 60.4 Å². The molecule has 1 atom stereocenters. The van der Waals surface area contributed by atoms with E-state index in [1.807, 2.05) is 31.6 Å².